The molecule has 1 aromatic heterocycles. The minimum absolute atomic E-state index is 0.0242. The van der Waals surface area contributed by atoms with E-state index in [0.29, 0.717) is 0 Å². The van der Waals surface area contributed by atoms with Gasteiger partial charge in [-0.2, -0.15) is 0 Å². The monoisotopic (exact) mass is 361 g/mol. The molecule has 5 nitrogen and oxygen atoms in total. The van der Waals surface area contributed by atoms with E-state index in [1.165, 1.54) is 6.07 Å². The van der Waals surface area contributed by atoms with Gasteiger partial charge in [-0.1, -0.05) is 0 Å². The number of sulfone groups is 1. The van der Waals surface area contributed by atoms with Gasteiger partial charge in [-0.25, -0.2) is 21.6 Å². The number of rotatable bonds is 6. The Balaban J connectivity index is 2.52. The minimum atomic E-state index is -3.51. The van der Waals surface area contributed by atoms with Crippen molar-refractivity contribution >= 4 is 47.1 Å². The molecule has 0 saturated carbocycles. The number of nitrogens with one attached hydrogen (secondary N) is 1. The maximum atomic E-state index is 11.7. The molecule has 1 N–H and O–H groups in total. The molecule has 9 heteroatoms. The van der Waals surface area contributed by atoms with Crippen LogP contribution in [0.5, 0.6) is 0 Å². The zero-order valence-corrected chi connectivity index (χ0v) is 13.0. The van der Waals surface area contributed by atoms with E-state index >= 15 is 0 Å². The van der Waals surface area contributed by atoms with Gasteiger partial charge < -0.3 is 0 Å². The van der Waals surface area contributed by atoms with Crippen LogP contribution >= 0.6 is 27.3 Å². The topological polar surface area (TPSA) is 80.3 Å². The summed E-state index contributed by atoms with van der Waals surface area (Å²) in [7, 11) is -6.56. The first kappa shape index (κ1) is 15.1. The number of sulfonamides is 1. The zero-order valence-electron chi connectivity index (χ0n) is 9.01. The van der Waals surface area contributed by atoms with Gasteiger partial charge in [0, 0.05) is 12.8 Å². The molecule has 0 aliphatic rings. The van der Waals surface area contributed by atoms with E-state index in [9.17, 15) is 16.8 Å². The smallest absolute Gasteiger partial charge is 0.229 e. The first-order valence-electron chi connectivity index (χ1n) is 4.63. The van der Waals surface area contributed by atoms with Crippen LogP contribution in [0.4, 0.5) is 0 Å². The summed E-state index contributed by atoms with van der Waals surface area (Å²) < 4.78 is 48.4. The number of halogens is 1. The molecule has 0 aliphatic heterocycles. The van der Waals surface area contributed by atoms with E-state index in [0.717, 1.165) is 21.4 Å². The van der Waals surface area contributed by atoms with Gasteiger partial charge in [-0.15, -0.1) is 11.3 Å². The molecule has 0 radical (unpaired) electrons. The van der Waals surface area contributed by atoms with E-state index in [2.05, 4.69) is 20.7 Å². The van der Waals surface area contributed by atoms with Gasteiger partial charge in [0.15, 0.2) is 0 Å². The summed E-state index contributed by atoms with van der Waals surface area (Å²) in [6.45, 7) is 0.116. The first-order chi connectivity index (χ1) is 7.71. The first-order valence-corrected chi connectivity index (χ1v) is 9.79. The van der Waals surface area contributed by atoms with Gasteiger partial charge in [-0.05, 0) is 34.5 Å². The van der Waals surface area contributed by atoms with Crippen molar-refractivity contribution < 1.29 is 16.8 Å². The highest BCUT2D eigenvalue weighted by Crippen LogP contribution is 2.25. The predicted octanol–water partition coefficient (Wildman–Crippen LogP) is 1.22. The molecule has 0 saturated heterocycles. The Bertz CT molecular complexity index is 576. The summed E-state index contributed by atoms with van der Waals surface area (Å²) in [6, 6.07) is 3.14. The average Bonchev–Trinajstić information content (AvgIpc) is 2.59. The lowest BCUT2D eigenvalue weighted by atomic mass is 10.5. The van der Waals surface area contributed by atoms with Crippen LogP contribution in [0.15, 0.2) is 20.1 Å². The molecule has 0 amide bonds. The molecule has 0 atom stereocenters. The van der Waals surface area contributed by atoms with Gasteiger partial charge in [-0.3, -0.25) is 0 Å². The Morgan fingerprint density at radius 1 is 1.29 bits per heavy atom. The fourth-order valence-corrected chi connectivity index (χ4v) is 4.85. The Labute approximate surface area is 113 Å². The third-order valence-electron chi connectivity index (χ3n) is 1.80. The van der Waals surface area contributed by atoms with Crippen LogP contribution in [0.3, 0.4) is 0 Å². The third-order valence-corrected chi connectivity index (χ3v) is 6.40. The van der Waals surface area contributed by atoms with Crippen LogP contribution in [0.25, 0.3) is 0 Å². The molecule has 98 valence electrons. The van der Waals surface area contributed by atoms with E-state index in [4.69, 9.17) is 0 Å². The van der Waals surface area contributed by atoms with Gasteiger partial charge in [0.2, 0.25) is 10.0 Å². The standard InChI is InChI=1S/C8H12BrNO4S3/c1-16(11,12)6-2-5-10-17(13,14)8-4-3-7(9)15-8/h3-4,10H,2,5-6H2,1H3. The summed E-state index contributed by atoms with van der Waals surface area (Å²) in [5.74, 6) is -0.0242. The number of thiophene rings is 1. The van der Waals surface area contributed by atoms with Crippen molar-refractivity contribution in [2.24, 2.45) is 0 Å². The lowest BCUT2D eigenvalue weighted by Crippen LogP contribution is -2.25. The summed E-state index contributed by atoms with van der Waals surface area (Å²) in [5.41, 5.74) is 0. The van der Waals surface area contributed by atoms with Crippen LogP contribution < -0.4 is 4.72 Å². The van der Waals surface area contributed by atoms with Crippen molar-refractivity contribution in [3.8, 4) is 0 Å². The summed E-state index contributed by atoms with van der Waals surface area (Å²) >= 11 is 4.29. The Hall–Kier alpha value is 0.0400. The second kappa shape index (κ2) is 5.79. The number of hydrogen-bond acceptors (Lipinski definition) is 5. The minimum Gasteiger partial charge on any atom is -0.229 e. The van der Waals surface area contributed by atoms with Crippen LogP contribution in [-0.4, -0.2) is 35.4 Å². The zero-order chi connectivity index (χ0) is 13.1. The summed E-state index contributed by atoms with van der Waals surface area (Å²) in [4.78, 5) is 0. The summed E-state index contributed by atoms with van der Waals surface area (Å²) in [6.07, 6.45) is 1.39. The molecule has 1 heterocycles. The van der Waals surface area contributed by atoms with Crippen molar-refractivity contribution in [1.82, 2.24) is 4.72 Å². The molecule has 1 aromatic rings. The quantitative estimate of drug-likeness (QED) is 0.772. The van der Waals surface area contributed by atoms with Gasteiger partial charge in [0.25, 0.3) is 0 Å². The van der Waals surface area contributed by atoms with Crippen LogP contribution in [-0.2, 0) is 19.9 Å². The molecular formula is C8H12BrNO4S3. The average molecular weight is 362 g/mol. The predicted molar refractivity (Wildman–Crippen MR) is 71.5 cm³/mol. The molecule has 0 aromatic carbocycles. The Morgan fingerprint density at radius 3 is 2.41 bits per heavy atom. The molecule has 0 bridgehead atoms. The van der Waals surface area contributed by atoms with Crippen molar-refractivity contribution in [3.05, 3.63) is 15.9 Å². The van der Waals surface area contributed by atoms with Gasteiger partial charge in [0.1, 0.15) is 14.0 Å². The van der Waals surface area contributed by atoms with Crippen molar-refractivity contribution in [2.75, 3.05) is 18.6 Å². The fourth-order valence-electron chi connectivity index (χ4n) is 1.05. The van der Waals surface area contributed by atoms with Crippen LogP contribution in [0.1, 0.15) is 6.42 Å². The normalized spacial score (nSPS) is 12.8. The summed E-state index contributed by atoms with van der Waals surface area (Å²) in [5, 5.41) is 0. The highest BCUT2D eigenvalue weighted by atomic mass is 79.9. The largest absolute Gasteiger partial charge is 0.250 e. The lowest BCUT2D eigenvalue weighted by molar-refractivity contribution is 0.579. The van der Waals surface area contributed by atoms with Gasteiger partial charge in [0.05, 0.1) is 9.54 Å². The van der Waals surface area contributed by atoms with Gasteiger partial charge >= 0.3 is 0 Å². The second-order valence-corrected chi connectivity index (χ2v) is 10.2. The SMILES string of the molecule is CS(=O)(=O)CCCNS(=O)(=O)c1ccc(Br)s1. The third kappa shape index (κ3) is 5.47. The van der Waals surface area contributed by atoms with E-state index in [1.54, 1.807) is 6.07 Å². The van der Waals surface area contributed by atoms with Crippen molar-refractivity contribution in [1.29, 1.82) is 0 Å². The van der Waals surface area contributed by atoms with E-state index in [-0.39, 0.29) is 22.9 Å². The number of hydrogen-bond donors (Lipinski definition) is 1. The molecule has 0 spiro atoms. The fraction of sp³-hybridized carbons (Fsp3) is 0.500. The lowest BCUT2D eigenvalue weighted by Gasteiger charge is -2.03. The molecule has 0 aliphatic carbocycles. The second-order valence-electron chi connectivity index (χ2n) is 3.44. The maximum Gasteiger partial charge on any atom is 0.250 e. The highest BCUT2D eigenvalue weighted by molar-refractivity contribution is 9.11. The van der Waals surface area contributed by atoms with E-state index in [1.807, 2.05) is 0 Å². The van der Waals surface area contributed by atoms with Crippen LogP contribution in [0.2, 0.25) is 0 Å². The van der Waals surface area contributed by atoms with Crippen LogP contribution in [0, 0.1) is 0 Å². The maximum absolute atomic E-state index is 11.7. The Morgan fingerprint density at radius 2 is 1.94 bits per heavy atom. The molecule has 1 rings (SSSR count). The molecular weight excluding hydrogens is 350 g/mol. The highest BCUT2D eigenvalue weighted by Gasteiger charge is 2.15. The van der Waals surface area contributed by atoms with Crippen molar-refractivity contribution in [2.45, 2.75) is 10.6 Å². The molecule has 0 fully saturated rings. The Kier molecular flexibility index (Phi) is 5.14. The molecule has 17 heavy (non-hydrogen) atoms. The van der Waals surface area contributed by atoms with Crippen molar-refractivity contribution in [3.63, 3.8) is 0 Å². The van der Waals surface area contributed by atoms with E-state index < -0.39 is 19.9 Å². The molecule has 0 unspecified atom stereocenters.